The number of hydrogen-bond acceptors (Lipinski definition) is 4. The first kappa shape index (κ1) is 13.2. The number of aryl methyl sites for hydroxylation is 1. The van der Waals surface area contributed by atoms with Gasteiger partial charge >= 0.3 is 0 Å². The molecule has 2 unspecified atom stereocenters. The fourth-order valence-electron chi connectivity index (χ4n) is 2.40. The smallest absolute Gasteiger partial charge is 0.253 e. The molecule has 0 aromatic carbocycles. The van der Waals surface area contributed by atoms with Gasteiger partial charge in [0.15, 0.2) is 0 Å². The van der Waals surface area contributed by atoms with Gasteiger partial charge in [-0.2, -0.15) is 11.8 Å². The van der Waals surface area contributed by atoms with Gasteiger partial charge in [-0.25, -0.2) is 0 Å². The summed E-state index contributed by atoms with van der Waals surface area (Å²) < 4.78 is 0. The maximum atomic E-state index is 12.2. The standard InChI is InChI=1S/C13H19N3OS/c1-8-10(6-9(14)7-15-8)13(17)16-11-4-3-5-12(11)18-2/h6-7,11-12H,3-5,14H2,1-2H3,(H,16,17). The van der Waals surface area contributed by atoms with Crippen LogP contribution in [0.1, 0.15) is 35.3 Å². The van der Waals surface area contributed by atoms with Gasteiger partial charge in [-0.15, -0.1) is 0 Å². The Morgan fingerprint density at radius 3 is 3.06 bits per heavy atom. The van der Waals surface area contributed by atoms with Gasteiger partial charge in [-0.1, -0.05) is 6.42 Å². The molecule has 98 valence electrons. The lowest BCUT2D eigenvalue weighted by molar-refractivity contribution is 0.0937. The Labute approximate surface area is 112 Å². The van der Waals surface area contributed by atoms with Crippen molar-refractivity contribution in [3.63, 3.8) is 0 Å². The third kappa shape index (κ3) is 2.77. The molecule has 1 saturated carbocycles. The van der Waals surface area contributed by atoms with E-state index < -0.39 is 0 Å². The molecular weight excluding hydrogens is 246 g/mol. The second-order valence-electron chi connectivity index (χ2n) is 4.69. The molecule has 1 aromatic rings. The third-order valence-corrected chi connectivity index (χ3v) is 4.59. The van der Waals surface area contributed by atoms with E-state index in [-0.39, 0.29) is 11.9 Å². The molecule has 1 fully saturated rings. The van der Waals surface area contributed by atoms with Gasteiger partial charge in [-0.05, 0) is 32.1 Å². The molecule has 1 amide bonds. The number of nitrogens with one attached hydrogen (secondary N) is 1. The van der Waals surface area contributed by atoms with Crippen LogP contribution in [-0.2, 0) is 0 Å². The zero-order valence-electron chi connectivity index (χ0n) is 10.8. The highest BCUT2D eigenvalue weighted by molar-refractivity contribution is 7.99. The average Bonchev–Trinajstić information content (AvgIpc) is 2.79. The van der Waals surface area contributed by atoms with Crippen LogP contribution in [0.3, 0.4) is 0 Å². The first-order valence-corrected chi connectivity index (χ1v) is 7.46. The summed E-state index contributed by atoms with van der Waals surface area (Å²) in [5.74, 6) is -0.0572. The molecule has 4 nitrogen and oxygen atoms in total. The van der Waals surface area contributed by atoms with E-state index in [1.807, 2.05) is 18.7 Å². The number of nitrogens with zero attached hydrogens (tertiary/aromatic N) is 1. The topological polar surface area (TPSA) is 68.0 Å². The summed E-state index contributed by atoms with van der Waals surface area (Å²) in [6.07, 6.45) is 7.10. The lowest BCUT2D eigenvalue weighted by atomic mass is 10.1. The van der Waals surface area contributed by atoms with Crippen LogP contribution in [0.4, 0.5) is 5.69 Å². The minimum absolute atomic E-state index is 0.0572. The van der Waals surface area contributed by atoms with Crippen LogP contribution < -0.4 is 11.1 Å². The number of rotatable bonds is 3. The number of thioether (sulfide) groups is 1. The zero-order chi connectivity index (χ0) is 13.1. The first-order valence-electron chi connectivity index (χ1n) is 6.17. The van der Waals surface area contributed by atoms with Crippen molar-refractivity contribution in [1.82, 2.24) is 10.3 Å². The van der Waals surface area contributed by atoms with Crippen molar-refractivity contribution in [2.45, 2.75) is 37.5 Å². The van der Waals surface area contributed by atoms with Crippen LogP contribution in [0.25, 0.3) is 0 Å². The Hall–Kier alpha value is -1.23. The zero-order valence-corrected chi connectivity index (χ0v) is 11.6. The molecule has 1 heterocycles. The number of hydrogen-bond donors (Lipinski definition) is 2. The Bertz CT molecular complexity index is 450. The van der Waals surface area contributed by atoms with Gasteiger partial charge in [-0.3, -0.25) is 9.78 Å². The number of amides is 1. The second kappa shape index (κ2) is 5.61. The highest BCUT2D eigenvalue weighted by Gasteiger charge is 2.28. The van der Waals surface area contributed by atoms with Crippen molar-refractivity contribution in [2.24, 2.45) is 0 Å². The molecule has 2 atom stereocenters. The molecule has 18 heavy (non-hydrogen) atoms. The second-order valence-corrected chi connectivity index (χ2v) is 5.76. The number of aromatic nitrogens is 1. The van der Waals surface area contributed by atoms with Gasteiger partial charge < -0.3 is 11.1 Å². The molecule has 2 rings (SSSR count). The van der Waals surface area contributed by atoms with Gasteiger partial charge in [0, 0.05) is 11.3 Å². The maximum Gasteiger partial charge on any atom is 0.253 e. The van der Waals surface area contributed by atoms with Crippen molar-refractivity contribution in [1.29, 1.82) is 0 Å². The van der Waals surface area contributed by atoms with Crippen molar-refractivity contribution >= 4 is 23.4 Å². The van der Waals surface area contributed by atoms with Crippen molar-refractivity contribution in [3.8, 4) is 0 Å². The van der Waals surface area contributed by atoms with E-state index in [9.17, 15) is 4.79 Å². The normalized spacial score (nSPS) is 23.0. The van der Waals surface area contributed by atoms with Crippen LogP contribution in [0.2, 0.25) is 0 Å². The molecule has 1 aromatic heterocycles. The van der Waals surface area contributed by atoms with E-state index in [0.29, 0.717) is 16.5 Å². The summed E-state index contributed by atoms with van der Waals surface area (Å²) >= 11 is 1.83. The fraction of sp³-hybridized carbons (Fsp3) is 0.538. The SMILES string of the molecule is CSC1CCCC1NC(=O)c1cc(N)cnc1C. The Morgan fingerprint density at radius 1 is 1.56 bits per heavy atom. The predicted molar refractivity (Wildman–Crippen MR) is 75.8 cm³/mol. The number of nitrogen functional groups attached to an aromatic ring is 1. The molecule has 0 aliphatic heterocycles. The fourth-order valence-corrected chi connectivity index (χ4v) is 3.33. The van der Waals surface area contributed by atoms with Gasteiger partial charge in [0.25, 0.3) is 5.91 Å². The van der Waals surface area contributed by atoms with E-state index in [1.165, 1.54) is 12.8 Å². The molecule has 1 aliphatic rings. The van der Waals surface area contributed by atoms with E-state index in [2.05, 4.69) is 16.6 Å². The summed E-state index contributed by atoms with van der Waals surface area (Å²) in [7, 11) is 0. The number of pyridine rings is 1. The summed E-state index contributed by atoms with van der Waals surface area (Å²) in [5.41, 5.74) is 7.51. The van der Waals surface area contributed by atoms with Gasteiger partial charge in [0.1, 0.15) is 0 Å². The Morgan fingerprint density at radius 2 is 2.33 bits per heavy atom. The lowest BCUT2D eigenvalue weighted by Crippen LogP contribution is -2.39. The monoisotopic (exact) mass is 265 g/mol. The molecule has 1 aliphatic carbocycles. The minimum atomic E-state index is -0.0572. The summed E-state index contributed by atoms with van der Waals surface area (Å²) in [4.78, 5) is 16.3. The Kier molecular flexibility index (Phi) is 4.11. The van der Waals surface area contributed by atoms with Gasteiger partial charge in [0.05, 0.1) is 23.1 Å². The van der Waals surface area contributed by atoms with E-state index in [0.717, 1.165) is 12.1 Å². The van der Waals surface area contributed by atoms with Crippen molar-refractivity contribution in [3.05, 3.63) is 23.5 Å². The predicted octanol–water partition coefficient (Wildman–Crippen LogP) is 1.99. The van der Waals surface area contributed by atoms with Crippen molar-refractivity contribution in [2.75, 3.05) is 12.0 Å². The van der Waals surface area contributed by atoms with Crippen LogP contribution in [0.5, 0.6) is 0 Å². The summed E-state index contributed by atoms with van der Waals surface area (Å²) in [6, 6.07) is 1.97. The van der Waals surface area contributed by atoms with E-state index >= 15 is 0 Å². The quantitative estimate of drug-likeness (QED) is 0.877. The first-order chi connectivity index (χ1) is 8.61. The van der Waals surface area contributed by atoms with E-state index in [4.69, 9.17) is 5.73 Å². The number of nitrogens with two attached hydrogens (primary N) is 1. The molecular formula is C13H19N3OS. The van der Waals surface area contributed by atoms with Crippen LogP contribution in [0.15, 0.2) is 12.3 Å². The van der Waals surface area contributed by atoms with Crippen LogP contribution in [-0.4, -0.2) is 28.4 Å². The molecule has 5 heteroatoms. The highest BCUT2D eigenvalue weighted by Crippen LogP contribution is 2.28. The largest absolute Gasteiger partial charge is 0.397 e. The minimum Gasteiger partial charge on any atom is -0.397 e. The highest BCUT2D eigenvalue weighted by atomic mass is 32.2. The molecule has 0 saturated heterocycles. The Balaban J connectivity index is 2.09. The average molecular weight is 265 g/mol. The maximum absolute atomic E-state index is 12.2. The molecule has 0 spiro atoms. The van der Waals surface area contributed by atoms with Crippen LogP contribution in [0, 0.1) is 6.92 Å². The van der Waals surface area contributed by atoms with Crippen molar-refractivity contribution < 1.29 is 4.79 Å². The summed E-state index contributed by atoms with van der Waals surface area (Å²) in [5, 5.41) is 3.64. The molecule has 0 radical (unpaired) electrons. The summed E-state index contributed by atoms with van der Waals surface area (Å²) in [6.45, 7) is 1.83. The van der Waals surface area contributed by atoms with Gasteiger partial charge in [0.2, 0.25) is 0 Å². The lowest BCUT2D eigenvalue weighted by Gasteiger charge is -2.19. The number of carbonyl (C=O) groups is 1. The number of carbonyl (C=O) groups excluding carboxylic acids is 1. The molecule has 3 N–H and O–H groups in total. The van der Waals surface area contributed by atoms with E-state index in [1.54, 1.807) is 12.3 Å². The molecule has 0 bridgehead atoms. The number of anilines is 1. The van der Waals surface area contributed by atoms with Crippen LogP contribution >= 0.6 is 11.8 Å². The third-order valence-electron chi connectivity index (χ3n) is 3.42.